The molecule has 6 heteroatoms. The van der Waals surface area contributed by atoms with Crippen LogP contribution in [0, 0.1) is 6.92 Å². The fourth-order valence-electron chi connectivity index (χ4n) is 3.65. The average Bonchev–Trinajstić information content (AvgIpc) is 3.35. The Kier molecular flexibility index (Phi) is 4.56. The zero-order valence-corrected chi connectivity index (χ0v) is 14.9. The highest BCUT2D eigenvalue weighted by atomic mass is 16.2. The van der Waals surface area contributed by atoms with Crippen LogP contribution in [0.5, 0.6) is 0 Å². The highest BCUT2D eigenvalue weighted by Crippen LogP contribution is 2.26. The van der Waals surface area contributed by atoms with Gasteiger partial charge in [0.05, 0.1) is 12.2 Å². The number of aromatic nitrogens is 4. The van der Waals surface area contributed by atoms with Crippen molar-refractivity contribution in [2.45, 2.75) is 31.8 Å². The van der Waals surface area contributed by atoms with E-state index in [9.17, 15) is 4.79 Å². The number of carbonyl (C=O) groups is 1. The lowest BCUT2D eigenvalue weighted by Gasteiger charge is -2.35. The first-order valence-electron chi connectivity index (χ1n) is 9.06. The van der Waals surface area contributed by atoms with Crippen molar-refractivity contribution in [3.8, 4) is 0 Å². The molecule has 3 heterocycles. The van der Waals surface area contributed by atoms with Crippen molar-refractivity contribution in [2.75, 3.05) is 13.1 Å². The Bertz CT molecular complexity index is 855. The number of aryl methyl sites for hydroxylation is 1. The molecule has 1 saturated heterocycles. The molecule has 6 nitrogen and oxygen atoms in total. The van der Waals surface area contributed by atoms with E-state index in [4.69, 9.17) is 0 Å². The number of hydrogen-bond donors (Lipinski definition) is 0. The summed E-state index contributed by atoms with van der Waals surface area (Å²) in [7, 11) is 0. The molecule has 1 fully saturated rings. The van der Waals surface area contributed by atoms with Gasteiger partial charge in [0.1, 0.15) is 0 Å². The fraction of sp³-hybridized carbons (Fsp3) is 0.350. The molecule has 1 aromatic carbocycles. The quantitative estimate of drug-likeness (QED) is 0.728. The van der Waals surface area contributed by atoms with Gasteiger partial charge in [0.15, 0.2) is 6.04 Å². The number of hydrogen-bond acceptors (Lipinski definition) is 3. The number of nitrogens with zero attached hydrogens (tertiary/aromatic N) is 5. The first kappa shape index (κ1) is 16.6. The van der Waals surface area contributed by atoms with Crippen LogP contribution in [0.2, 0.25) is 0 Å². The fourth-order valence-corrected chi connectivity index (χ4v) is 3.65. The van der Waals surface area contributed by atoms with Gasteiger partial charge < -0.3 is 4.90 Å². The predicted octanol–water partition coefficient (Wildman–Crippen LogP) is 2.84. The molecule has 4 rings (SSSR count). The lowest BCUT2D eigenvalue weighted by atomic mass is 10.0. The van der Waals surface area contributed by atoms with Crippen molar-refractivity contribution < 1.29 is 4.79 Å². The molecule has 0 radical (unpaired) electrons. The Morgan fingerprint density at radius 1 is 1.19 bits per heavy atom. The highest BCUT2D eigenvalue weighted by molar-refractivity contribution is 5.83. The molecule has 134 valence electrons. The zero-order valence-electron chi connectivity index (χ0n) is 14.9. The molecule has 0 aliphatic carbocycles. The van der Waals surface area contributed by atoms with Crippen LogP contribution in [0.15, 0.2) is 61.2 Å². The molecule has 0 spiro atoms. The summed E-state index contributed by atoms with van der Waals surface area (Å²) in [5.41, 5.74) is 2.10. The lowest BCUT2D eigenvalue weighted by molar-refractivity contribution is -0.135. The van der Waals surface area contributed by atoms with Gasteiger partial charge in [0.25, 0.3) is 5.91 Å². The molecule has 0 saturated carbocycles. The number of rotatable bonds is 4. The number of benzene rings is 1. The van der Waals surface area contributed by atoms with Gasteiger partial charge in [-0.2, -0.15) is 10.2 Å². The van der Waals surface area contributed by atoms with E-state index < -0.39 is 6.04 Å². The molecule has 0 bridgehead atoms. The minimum atomic E-state index is -0.427. The largest absolute Gasteiger partial charge is 0.338 e. The van der Waals surface area contributed by atoms with E-state index in [-0.39, 0.29) is 11.9 Å². The van der Waals surface area contributed by atoms with Crippen LogP contribution in [0.25, 0.3) is 0 Å². The lowest BCUT2D eigenvalue weighted by Crippen LogP contribution is -2.44. The Labute approximate surface area is 153 Å². The monoisotopic (exact) mass is 349 g/mol. The Hall–Kier alpha value is -2.89. The third-order valence-corrected chi connectivity index (χ3v) is 4.95. The van der Waals surface area contributed by atoms with E-state index in [2.05, 4.69) is 16.4 Å². The molecule has 26 heavy (non-hydrogen) atoms. The van der Waals surface area contributed by atoms with Crippen molar-refractivity contribution in [3.63, 3.8) is 0 Å². The topological polar surface area (TPSA) is 56.0 Å². The van der Waals surface area contributed by atoms with Crippen LogP contribution in [-0.4, -0.2) is 43.5 Å². The summed E-state index contributed by atoms with van der Waals surface area (Å²) in [4.78, 5) is 15.4. The van der Waals surface area contributed by atoms with Gasteiger partial charge in [-0.1, -0.05) is 30.3 Å². The first-order valence-corrected chi connectivity index (χ1v) is 9.06. The van der Waals surface area contributed by atoms with Crippen molar-refractivity contribution >= 4 is 5.91 Å². The predicted molar refractivity (Wildman–Crippen MR) is 98.6 cm³/mol. The summed E-state index contributed by atoms with van der Waals surface area (Å²) in [5, 5.41) is 8.79. The third kappa shape index (κ3) is 3.27. The highest BCUT2D eigenvalue weighted by Gasteiger charge is 2.32. The summed E-state index contributed by atoms with van der Waals surface area (Å²) in [6.07, 6.45) is 9.53. The minimum Gasteiger partial charge on any atom is -0.338 e. The molecule has 2 aromatic heterocycles. The Morgan fingerprint density at radius 3 is 2.73 bits per heavy atom. The van der Waals surface area contributed by atoms with Crippen molar-refractivity contribution in [1.29, 1.82) is 0 Å². The second kappa shape index (κ2) is 7.15. The molecule has 2 atom stereocenters. The summed E-state index contributed by atoms with van der Waals surface area (Å²) in [5.74, 6) is 0.0912. The Morgan fingerprint density at radius 2 is 2.04 bits per heavy atom. The van der Waals surface area contributed by atoms with Gasteiger partial charge in [-0.05, 0) is 37.0 Å². The minimum absolute atomic E-state index is 0.0912. The van der Waals surface area contributed by atoms with Crippen molar-refractivity contribution in [1.82, 2.24) is 24.5 Å². The number of carbonyl (C=O) groups excluding carboxylic acids is 1. The van der Waals surface area contributed by atoms with Crippen LogP contribution in [-0.2, 0) is 4.79 Å². The van der Waals surface area contributed by atoms with Gasteiger partial charge in [-0.15, -0.1) is 0 Å². The van der Waals surface area contributed by atoms with Gasteiger partial charge in [0, 0.05) is 31.7 Å². The van der Waals surface area contributed by atoms with E-state index >= 15 is 0 Å². The average molecular weight is 349 g/mol. The maximum Gasteiger partial charge on any atom is 0.252 e. The SMILES string of the molecule is Cc1cnn(C2CCCN(C(=O)C(c3ccccc3)n3cccn3)C2)c1. The van der Waals surface area contributed by atoms with E-state index in [1.165, 1.54) is 0 Å². The van der Waals surface area contributed by atoms with Gasteiger partial charge in [-0.25, -0.2) is 0 Å². The summed E-state index contributed by atoms with van der Waals surface area (Å²) in [6.45, 7) is 3.50. The van der Waals surface area contributed by atoms with Crippen LogP contribution in [0.3, 0.4) is 0 Å². The van der Waals surface area contributed by atoms with Crippen LogP contribution < -0.4 is 0 Å². The second-order valence-electron chi connectivity index (χ2n) is 6.88. The van der Waals surface area contributed by atoms with E-state index in [0.717, 1.165) is 30.5 Å². The van der Waals surface area contributed by atoms with Gasteiger partial charge in [0.2, 0.25) is 0 Å². The molecule has 2 unspecified atom stereocenters. The zero-order chi connectivity index (χ0) is 17.9. The summed E-state index contributed by atoms with van der Waals surface area (Å²) < 4.78 is 3.75. The summed E-state index contributed by atoms with van der Waals surface area (Å²) in [6, 6.07) is 11.5. The molecular formula is C20H23N5O. The molecule has 3 aromatic rings. The number of piperidine rings is 1. The van der Waals surface area contributed by atoms with E-state index in [1.54, 1.807) is 10.9 Å². The number of amides is 1. The van der Waals surface area contributed by atoms with Crippen LogP contribution in [0.4, 0.5) is 0 Å². The molecule has 1 aliphatic heterocycles. The molecular weight excluding hydrogens is 326 g/mol. The molecule has 1 amide bonds. The molecule has 0 N–H and O–H groups in total. The maximum atomic E-state index is 13.4. The normalized spacial score (nSPS) is 18.7. The second-order valence-corrected chi connectivity index (χ2v) is 6.88. The van der Waals surface area contributed by atoms with Crippen LogP contribution >= 0.6 is 0 Å². The van der Waals surface area contributed by atoms with Crippen molar-refractivity contribution in [2.24, 2.45) is 0 Å². The number of likely N-dealkylation sites (tertiary alicyclic amines) is 1. The van der Waals surface area contributed by atoms with Gasteiger partial charge in [-0.3, -0.25) is 14.2 Å². The van der Waals surface area contributed by atoms with Crippen LogP contribution in [0.1, 0.15) is 36.1 Å². The van der Waals surface area contributed by atoms with Crippen molar-refractivity contribution in [3.05, 3.63) is 72.3 Å². The third-order valence-electron chi connectivity index (χ3n) is 4.95. The molecule has 1 aliphatic rings. The van der Waals surface area contributed by atoms with E-state index in [0.29, 0.717) is 6.54 Å². The van der Waals surface area contributed by atoms with E-state index in [1.807, 2.05) is 65.3 Å². The summed E-state index contributed by atoms with van der Waals surface area (Å²) >= 11 is 0. The Balaban J connectivity index is 1.59. The first-order chi connectivity index (χ1) is 12.7. The van der Waals surface area contributed by atoms with Gasteiger partial charge >= 0.3 is 0 Å². The standard InChI is InChI=1S/C20H23N5O/c1-16-13-22-25(14-16)18-9-5-11-23(15-18)20(26)19(24-12-6-10-21-24)17-7-3-2-4-8-17/h2-4,6-8,10,12-14,18-19H,5,9,11,15H2,1H3. The smallest absolute Gasteiger partial charge is 0.252 e. The maximum absolute atomic E-state index is 13.4.